The van der Waals surface area contributed by atoms with Gasteiger partial charge in [-0.3, -0.25) is 0 Å². The molecule has 1 aromatic rings. The van der Waals surface area contributed by atoms with Crippen LogP contribution in [0, 0.1) is 0 Å². The van der Waals surface area contributed by atoms with Gasteiger partial charge in [0.15, 0.2) is 5.82 Å². The predicted molar refractivity (Wildman–Crippen MR) is 85.3 cm³/mol. The highest BCUT2D eigenvalue weighted by Crippen LogP contribution is 2.25. The minimum atomic E-state index is -0.0325. The summed E-state index contributed by atoms with van der Waals surface area (Å²) in [6, 6.07) is 0.0224. The van der Waals surface area contributed by atoms with Gasteiger partial charge in [0, 0.05) is 52.5 Å². The zero-order valence-corrected chi connectivity index (χ0v) is 13.8. The van der Waals surface area contributed by atoms with Gasteiger partial charge >= 0.3 is 6.03 Å². The molecule has 1 saturated heterocycles. The molecule has 0 radical (unpaired) electrons. The van der Waals surface area contributed by atoms with Crippen molar-refractivity contribution >= 4 is 11.8 Å². The topological polar surface area (TPSA) is 61.8 Å². The fourth-order valence-electron chi connectivity index (χ4n) is 2.58. The normalized spacial score (nSPS) is 17.5. The van der Waals surface area contributed by atoms with Gasteiger partial charge in [-0.15, -0.1) is 0 Å². The summed E-state index contributed by atoms with van der Waals surface area (Å²) >= 11 is 0. The molecule has 1 aliphatic rings. The maximum atomic E-state index is 12.0. The molecule has 1 aliphatic heterocycles. The van der Waals surface area contributed by atoms with Gasteiger partial charge in [-0.2, -0.15) is 0 Å². The highest BCUT2D eigenvalue weighted by Gasteiger charge is 2.29. The van der Waals surface area contributed by atoms with Crippen molar-refractivity contribution in [1.82, 2.24) is 19.8 Å². The van der Waals surface area contributed by atoms with Gasteiger partial charge < -0.3 is 19.4 Å². The number of likely N-dealkylation sites (tertiary alicyclic amines) is 1. The number of urea groups is 1. The van der Waals surface area contributed by atoms with Crippen molar-refractivity contribution in [1.29, 1.82) is 0 Å². The van der Waals surface area contributed by atoms with E-state index in [9.17, 15) is 4.79 Å². The van der Waals surface area contributed by atoms with E-state index >= 15 is 0 Å². The third-order valence-electron chi connectivity index (χ3n) is 3.79. The zero-order valence-electron chi connectivity index (χ0n) is 13.8. The Morgan fingerprint density at radius 2 is 2.00 bits per heavy atom. The molecule has 1 atom stereocenters. The van der Waals surface area contributed by atoms with Crippen LogP contribution in [0.25, 0.3) is 0 Å². The molecule has 7 heteroatoms. The average Bonchev–Trinajstić information content (AvgIpc) is 2.97. The summed E-state index contributed by atoms with van der Waals surface area (Å²) in [6.07, 6.45) is 4.10. The molecule has 7 nitrogen and oxygen atoms in total. The Bertz CT molecular complexity index is 504. The van der Waals surface area contributed by atoms with Crippen molar-refractivity contribution in [2.75, 3.05) is 45.2 Å². The van der Waals surface area contributed by atoms with E-state index in [1.807, 2.05) is 0 Å². The second-order valence-corrected chi connectivity index (χ2v) is 5.51. The molecule has 0 aliphatic carbocycles. The van der Waals surface area contributed by atoms with Gasteiger partial charge in [-0.05, 0) is 13.8 Å². The zero-order chi connectivity index (χ0) is 16.1. The maximum absolute atomic E-state index is 12.0. The summed E-state index contributed by atoms with van der Waals surface area (Å²) in [5.41, 5.74) is 0. The van der Waals surface area contributed by atoms with E-state index in [-0.39, 0.29) is 12.1 Å². The summed E-state index contributed by atoms with van der Waals surface area (Å²) in [5.74, 6) is 1.32. The van der Waals surface area contributed by atoms with Gasteiger partial charge in [0.05, 0.1) is 6.54 Å². The van der Waals surface area contributed by atoms with E-state index in [1.165, 1.54) is 0 Å². The monoisotopic (exact) mass is 307 g/mol. The van der Waals surface area contributed by atoms with Crippen molar-refractivity contribution in [3.05, 3.63) is 12.4 Å². The molecule has 122 valence electrons. The smallest absolute Gasteiger partial charge is 0.319 e. The number of ether oxygens (including phenoxy) is 1. The van der Waals surface area contributed by atoms with E-state index in [1.54, 1.807) is 36.3 Å². The largest absolute Gasteiger partial charge is 0.470 e. The molecule has 22 heavy (non-hydrogen) atoms. The lowest BCUT2D eigenvalue weighted by Crippen LogP contribution is -2.38. The summed E-state index contributed by atoms with van der Waals surface area (Å²) in [4.78, 5) is 26.2. The Kier molecular flexibility index (Phi) is 5.41. The fraction of sp³-hybridized carbons (Fsp3) is 0.667. The summed E-state index contributed by atoms with van der Waals surface area (Å²) in [6.45, 7) is 7.15. The number of aromatic nitrogens is 2. The van der Waals surface area contributed by atoms with Gasteiger partial charge in [-0.25, -0.2) is 14.8 Å². The Morgan fingerprint density at radius 3 is 2.64 bits per heavy atom. The molecule has 1 fully saturated rings. The van der Waals surface area contributed by atoms with Crippen LogP contribution >= 0.6 is 0 Å². The Balaban J connectivity index is 2.05. The molecule has 2 heterocycles. The number of amides is 2. The average molecular weight is 307 g/mol. The summed E-state index contributed by atoms with van der Waals surface area (Å²) in [7, 11) is 3.52. The number of rotatable bonds is 5. The van der Waals surface area contributed by atoms with E-state index in [2.05, 4.69) is 28.7 Å². The van der Waals surface area contributed by atoms with Crippen LogP contribution in [-0.4, -0.2) is 72.2 Å². The first-order valence-corrected chi connectivity index (χ1v) is 7.75. The molecule has 0 N–H and O–H groups in total. The number of hydrogen-bond donors (Lipinski definition) is 0. The molecule has 1 unspecified atom stereocenters. The summed E-state index contributed by atoms with van der Waals surface area (Å²) < 4.78 is 6.02. The number of hydrogen-bond acceptors (Lipinski definition) is 5. The van der Waals surface area contributed by atoms with E-state index in [0.29, 0.717) is 19.0 Å². The third-order valence-corrected chi connectivity index (χ3v) is 3.79. The summed E-state index contributed by atoms with van der Waals surface area (Å²) in [5, 5.41) is 0. The van der Waals surface area contributed by atoms with Gasteiger partial charge in [0.1, 0.15) is 6.10 Å². The van der Waals surface area contributed by atoms with Gasteiger partial charge in [-0.1, -0.05) is 0 Å². The first kappa shape index (κ1) is 16.3. The standard InChI is InChI=1S/C15H25N5O2/c1-5-19(6-2)13-14(17-9-8-16-13)22-12-7-10-20(11-12)15(21)18(3)4/h8-9,12H,5-7,10-11H2,1-4H3. The molecule has 0 spiro atoms. The second kappa shape index (κ2) is 7.29. The van der Waals surface area contributed by atoms with Crippen LogP contribution < -0.4 is 9.64 Å². The van der Waals surface area contributed by atoms with Gasteiger partial charge in [0.2, 0.25) is 0 Å². The quantitative estimate of drug-likeness (QED) is 0.824. The fourth-order valence-corrected chi connectivity index (χ4v) is 2.58. The van der Waals surface area contributed by atoms with Crippen LogP contribution in [0.4, 0.5) is 10.6 Å². The molecular weight excluding hydrogens is 282 g/mol. The molecule has 2 amide bonds. The van der Waals surface area contributed by atoms with Gasteiger partial charge in [0.25, 0.3) is 5.88 Å². The third kappa shape index (κ3) is 3.58. The molecule has 1 aromatic heterocycles. The van der Waals surface area contributed by atoms with Crippen LogP contribution in [-0.2, 0) is 0 Å². The minimum absolute atomic E-state index is 0.0224. The van der Waals surface area contributed by atoms with Crippen LogP contribution in [0.5, 0.6) is 5.88 Å². The Hall–Kier alpha value is -2.05. The second-order valence-electron chi connectivity index (χ2n) is 5.51. The highest BCUT2D eigenvalue weighted by atomic mass is 16.5. The highest BCUT2D eigenvalue weighted by molar-refractivity contribution is 5.74. The molecular formula is C15H25N5O2. The lowest BCUT2D eigenvalue weighted by molar-refractivity contribution is 0.165. The van der Waals surface area contributed by atoms with Crippen molar-refractivity contribution in [2.45, 2.75) is 26.4 Å². The number of anilines is 1. The van der Waals surface area contributed by atoms with E-state index in [4.69, 9.17) is 4.74 Å². The van der Waals surface area contributed by atoms with Crippen LogP contribution in [0.3, 0.4) is 0 Å². The molecule has 0 aromatic carbocycles. The Labute approximate surface area is 131 Å². The first-order chi connectivity index (χ1) is 10.6. The molecule has 2 rings (SSSR count). The molecule has 0 saturated carbocycles. The number of carbonyl (C=O) groups excluding carboxylic acids is 1. The lowest BCUT2D eigenvalue weighted by atomic mass is 10.3. The van der Waals surface area contributed by atoms with E-state index < -0.39 is 0 Å². The lowest BCUT2D eigenvalue weighted by Gasteiger charge is -2.23. The van der Waals surface area contributed by atoms with Crippen molar-refractivity contribution in [2.24, 2.45) is 0 Å². The van der Waals surface area contributed by atoms with Crippen molar-refractivity contribution in [3.8, 4) is 5.88 Å². The predicted octanol–water partition coefficient (Wildman–Crippen LogP) is 1.46. The van der Waals surface area contributed by atoms with Crippen LogP contribution in [0.1, 0.15) is 20.3 Å². The van der Waals surface area contributed by atoms with Crippen molar-refractivity contribution in [3.63, 3.8) is 0 Å². The Morgan fingerprint density at radius 1 is 1.32 bits per heavy atom. The first-order valence-electron chi connectivity index (χ1n) is 7.75. The molecule has 0 bridgehead atoms. The van der Waals surface area contributed by atoms with Crippen molar-refractivity contribution < 1.29 is 9.53 Å². The van der Waals surface area contributed by atoms with Crippen LogP contribution in [0.15, 0.2) is 12.4 Å². The number of nitrogens with zero attached hydrogens (tertiary/aromatic N) is 5. The SMILES string of the molecule is CCN(CC)c1nccnc1OC1CCN(C(=O)N(C)C)C1. The van der Waals surface area contributed by atoms with Crippen LogP contribution in [0.2, 0.25) is 0 Å². The number of carbonyl (C=O) groups is 1. The minimum Gasteiger partial charge on any atom is -0.470 e. The maximum Gasteiger partial charge on any atom is 0.319 e. The van der Waals surface area contributed by atoms with E-state index in [0.717, 1.165) is 25.3 Å².